The summed E-state index contributed by atoms with van der Waals surface area (Å²) in [5, 5.41) is 6.47. The van der Waals surface area contributed by atoms with Crippen molar-refractivity contribution in [2.75, 3.05) is 25.5 Å². The minimum absolute atomic E-state index is 0.0103. The average molecular weight is 433 g/mol. The van der Waals surface area contributed by atoms with Crippen molar-refractivity contribution in [3.63, 3.8) is 0 Å². The Kier molecular flexibility index (Phi) is 6.50. The Morgan fingerprint density at radius 1 is 1.44 bits per heavy atom. The first-order valence-corrected chi connectivity index (χ1v) is 10.4. The molecule has 0 aromatic carbocycles. The number of hydrogen-bond acceptors (Lipinski definition) is 4. The number of unbranched alkanes of at least 4 members (excludes halogenated alkanes) is 2. The van der Waals surface area contributed by atoms with Crippen LogP contribution in [-0.4, -0.2) is 48.0 Å². The molecule has 1 aromatic heterocycles. The van der Waals surface area contributed by atoms with E-state index in [2.05, 4.69) is 56.7 Å². The van der Waals surface area contributed by atoms with Crippen molar-refractivity contribution in [3.8, 4) is 0 Å². The lowest BCUT2D eigenvalue weighted by Crippen LogP contribution is -2.38. The number of carbonyl (C=O) groups excluding carboxylic acids is 1. The minimum Gasteiger partial charge on any atom is -0.309 e. The van der Waals surface area contributed by atoms with E-state index in [1.807, 2.05) is 18.2 Å². The predicted molar refractivity (Wildman–Crippen MR) is 115 cm³/mol. The van der Waals surface area contributed by atoms with Gasteiger partial charge < -0.3 is 15.5 Å². The molecule has 6 heteroatoms. The number of nitrogens with one attached hydrogen (secondary N) is 2. The first-order chi connectivity index (χ1) is 13.0. The van der Waals surface area contributed by atoms with Gasteiger partial charge in [-0.15, -0.1) is 6.58 Å². The molecular formula is C21H29BrN4O. The summed E-state index contributed by atoms with van der Waals surface area (Å²) in [5.41, 5.74) is 1.07. The quantitative estimate of drug-likeness (QED) is 0.335. The Bertz CT molecular complexity index is 722. The zero-order chi connectivity index (χ0) is 19.4. The van der Waals surface area contributed by atoms with Gasteiger partial charge in [0.15, 0.2) is 0 Å². The molecule has 2 N–H and O–H groups in total. The third-order valence-electron chi connectivity index (χ3n) is 5.66. The van der Waals surface area contributed by atoms with Gasteiger partial charge in [-0.1, -0.05) is 18.7 Å². The largest absolute Gasteiger partial charge is 0.309 e. The lowest BCUT2D eigenvalue weighted by molar-refractivity contribution is -0.118. The zero-order valence-electron chi connectivity index (χ0n) is 16.0. The van der Waals surface area contributed by atoms with Gasteiger partial charge >= 0.3 is 0 Å². The molecule has 1 aliphatic carbocycles. The second kappa shape index (κ2) is 8.67. The van der Waals surface area contributed by atoms with Gasteiger partial charge in [-0.25, -0.2) is 4.98 Å². The second-order valence-electron chi connectivity index (χ2n) is 7.83. The molecule has 1 saturated heterocycles. The normalized spacial score (nSPS) is 25.9. The summed E-state index contributed by atoms with van der Waals surface area (Å²) >= 11 is 3.36. The standard InChI is InChI=1S/C21H29BrN4O/c1-4-6-7-8-11-26(3)14-21-12-16(23-17(21)13-21)20(27)25-19-15(5-2)9-10-18(22)24-19/h4-5,9-10,16-17,23H,1-2,6-8,11-14H2,3H3,(H,24,25,27)/t16-,17+,21-/m0/s1. The van der Waals surface area contributed by atoms with Crippen molar-refractivity contribution in [2.45, 2.75) is 44.2 Å². The van der Waals surface area contributed by atoms with Crippen molar-refractivity contribution in [1.82, 2.24) is 15.2 Å². The highest BCUT2D eigenvalue weighted by Crippen LogP contribution is 2.54. The Hall–Kier alpha value is -1.50. The number of aromatic nitrogens is 1. The van der Waals surface area contributed by atoms with Crippen molar-refractivity contribution in [2.24, 2.45) is 5.41 Å². The Labute approximate surface area is 170 Å². The minimum atomic E-state index is -0.156. The molecule has 1 aromatic rings. The molecule has 27 heavy (non-hydrogen) atoms. The van der Waals surface area contributed by atoms with Crippen molar-refractivity contribution >= 4 is 33.7 Å². The third kappa shape index (κ3) is 4.86. The van der Waals surface area contributed by atoms with Crippen LogP contribution >= 0.6 is 15.9 Å². The highest BCUT2D eigenvalue weighted by molar-refractivity contribution is 9.10. The Morgan fingerprint density at radius 3 is 3.00 bits per heavy atom. The highest BCUT2D eigenvalue weighted by atomic mass is 79.9. The summed E-state index contributed by atoms with van der Waals surface area (Å²) in [6, 6.07) is 4.03. The summed E-state index contributed by atoms with van der Waals surface area (Å²) in [7, 11) is 2.19. The fourth-order valence-corrected chi connectivity index (χ4v) is 4.44. The summed E-state index contributed by atoms with van der Waals surface area (Å²) in [6.45, 7) is 9.72. The maximum absolute atomic E-state index is 12.7. The topological polar surface area (TPSA) is 57.3 Å². The second-order valence-corrected chi connectivity index (χ2v) is 8.64. The number of allylic oxidation sites excluding steroid dienone is 1. The van der Waals surface area contributed by atoms with E-state index in [4.69, 9.17) is 0 Å². The lowest BCUT2D eigenvalue weighted by Gasteiger charge is -2.23. The number of carbonyl (C=O) groups is 1. The number of anilines is 1. The van der Waals surface area contributed by atoms with Crippen LogP contribution in [0.1, 0.15) is 37.7 Å². The fourth-order valence-electron chi connectivity index (χ4n) is 4.13. The van der Waals surface area contributed by atoms with Gasteiger partial charge in [0.1, 0.15) is 10.4 Å². The van der Waals surface area contributed by atoms with E-state index in [-0.39, 0.29) is 17.4 Å². The van der Waals surface area contributed by atoms with Gasteiger partial charge in [0.25, 0.3) is 0 Å². The number of halogens is 1. The van der Waals surface area contributed by atoms with Crippen molar-refractivity contribution in [1.29, 1.82) is 0 Å². The highest BCUT2D eigenvalue weighted by Gasteiger charge is 2.61. The van der Waals surface area contributed by atoms with E-state index in [1.54, 1.807) is 6.08 Å². The summed E-state index contributed by atoms with van der Waals surface area (Å²) in [4.78, 5) is 19.5. The van der Waals surface area contributed by atoms with Crippen LogP contribution in [0.5, 0.6) is 0 Å². The molecule has 2 fully saturated rings. The maximum atomic E-state index is 12.7. The van der Waals surface area contributed by atoms with E-state index < -0.39 is 0 Å². The molecule has 5 nitrogen and oxygen atoms in total. The van der Waals surface area contributed by atoms with E-state index in [9.17, 15) is 4.79 Å². The van der Waals surface area contributed by atoms with Crippen LogP contribution in [0.15, 0.2) is 36.0 Å². The molecular weight excluding hydrogens is 404 g/mol. The number of fused-ring (bicyclic) bond motifs is 1. The molecule has 0 radical (unpaired) electrons. The average Bonchev–Trinajstić information content (AvgIpc) is 3.17. The molecule has 1 aliphatic heterocycles. The van der Waals surface area contributed by atoms with Crippen LogP contribution < -0.4 is 10.6 Å². The monoisotopic (exact) mass is 432 g/mol. The fraction of sp³-hybridized carbons (Fsp3) is 0.524. The molecule has 2 aliphatic rings. The van der Waals surface area contributed by atoms with E-state index >= 15 is 0 Å². The molecule has 1 amide bonds. The van der Waals surface area contributed by atoms with Gasteiger partial charge in [-0.2, -0.15) is 0 Å². The van der Waals surface area contributed by atoms with Gasteiger partial charge in [0.05, 0.1) is 6.04 Å². The Balaban J connectivity index is 1.52. The van der Waals surface area contributed by atoms with Crippen LogP contribution in [0.25, 0.3) is 6.08 Å². The van der Waals surface area contributed by atoms with Gasteiger partial charge in [0.2, 0.25) is 5.91 Å². The molecule has 1 saturated carbocycles. The number of piperidine rings is 1. The lowest BCUT2D eigenvalue weighted by atomic mass is 9.98. The van der Waals surface area contributed by atoms with Crippen molar-refractivity contribution in [3.05, 3.63) is 41.5 Å². The van der Waals surface area contributed by atoms with Crippen LogP contribution in [0.2, 0.25) is 0 Å². The number of hydrogen-bond donors (Lipinski definition) is 2. The molecule has 146 valence electrons. The number of rotatable bonds is 10. The number of nitrogens with zero attached hydrogens (tertiary/aromatic N) is 2. The van der Waals surface area contributed by atoms with Crippen LogP contribution in [0.3, 0.4) is 0 Å². The summed E-state index contributed by atoms with van der Waals surface area (Å²) in [5.74, 6) is 0.545. The first kappa shape index (κ1) is 20.2. The van der Waals surface area contributed by atoms with E-state index in [0.29, 0.717) is 16.5 Å². The van der Waals surface area contributed by atoms with E-state index in [1.165, 1.54) is 19.3 Å². The summed E-state index contributed by atoms with van der Waals surface area (Å²) in [6.07, 6.45) is 9.22. The maximum Gasteiger partial charge on any atom is 0.242 e. The van der Waals surface area contributed by atoms with Crippen LogP contribution in [-0.2, 0) is 4.79 Å². The number of pyridine rings is 1. The summed E-state index contributed by atoms with van der Waals surface area (Å²) < 4.78 is 0.695. The molecule has 3 rings (SSSR count). The van der Waals surface area contributed by atoms with Crippen LogP contribution in [0, 0.1) is 5.41 Å². The van der Waals surface area contributed by atoms with E-state index in [0.717, 1.165) is 31.5 Å². The Morgan fingerprint density at radius 2 is 2.26 bits per heavy atom. The van der Waals surface area contributed by atoms with Gasteiger partial charge in [-0.05, 0) is 73.8 Å². The van der Waals surface area contributed by atoms with Crippen LogP contribution in [0.4, 0.5) is 5.82 Å². The van der Waals surface area contributed by atoms with Crippen molar-refractivity contribution < 1.29 is 4.79 Å². The number of amides is 1. The SMILES string of the molecule is C=CCCCCN(C)C[C@@]12C[C@@H](C(=O)Nc3nc(Br)ccc3C=C)N[C@@H]1C2. The molecule has 3 atom stereocenters. The zero-order valence-corrected chi connectivity index (χ0v) is 17.6. The molecule has 0 bridgehead atoms. The first-order valence-electron chi connectivity index (χ1n) is 9.63. The molecule has 2 heterocycles. The smallest absolute Gasteiger partial charge is 0.242 e. The van der Waals surface area contributed by atoms with Gasteiger partial charge in [0, 0.05) is 23.6 Å². The molecule has 0 unspecified atom stereocenters. The van der Waals surface area contributed by atoms with Gasteiger partial charge in [-0.3, -0.25) is 4.79 Å². The predicted octanol–water partition coefficient (Wildman–Crippen LogP) is 3.83. The third-order valence-corrected chi connectivity index (χ3v) is 6.10. The molecule has 0 spiro atoms.